The van der Waals surface area contributed by atoms with E-state index in [0.29, 0.717) is 5.92 Å². The molecule has 1 N–H and O–H groups in total. The van der Waals surface area contributed by atoms with Gasteiger partial charge in [0.25, 0.3) is 0 Å². The molecule has 4 aromatic carbocycles. The molecular weight excluding hydrogens is 633 g/mol. The summed E-state index contributed by atoms with van der Waals surface area (Å²) >= 11 is 0. The fourth-order valence-corrected chi connectivity index (χ4v) is 8.30. The first kappa shape index (κ1) is 30.6. The van der Waals surface area contributed by atoms with Crippen molar-refractivity contribution in [1.29, 1.82) is 0 Å². The first-order valence-corrected chi connectivity index (χ1v) is 18.4. The van der Waals surface area contributed by atoms with Crippen molar-refractivity contribution in [2.75, 3.05) is 0 Å². The highest BCUT2D eigenvalue weighted by Crippen LogP contribution is 2.49. The average molecular weight is 671 g/mol. The Labute approximate surface area is 304 Å². The monoisotopic (exact) mass is 670 g/mol. The van der Waals surface area contributed by atoms with Gasteiger partial charge in [-0.1, -0.05) is 158 Å². The molecule has 10 rings (SSSR count). The molecule has 0 bridgehead atoms. The highest BCUT2D eigenvalue weighted by molar-refractivity contribution is 6.13. The van der Waals surface area contributed by atoms with Gasteiger partial charge >= 0.3 is 0 Å². The minimum atomic E-state index is -0.111. The van der Waals surface area contributed by atoms with Crippen LogP contribution in [0.4, 0.5) is 0 Å². The minimum absolute atomic E-state index is 0.111. The van der Waals surface area contributed by atoms with Gasteiger partial charge in [0.15, 0.2) is 0 Å². The number of rotatable bonds is 6. The van der Waals surface area contributed by atoms with Crippen LogP contribution >= 0.6 is 0 Å². The highest BCUT2D eigenvalue weighted by Gasteiger charge is 2.35. The van der Waals surface area contributed by atoms with E-state index in [1.807, 2.05) is 0 Å². The molecule has 2 heterocycles. The summed E-state index contributed by atoms with van der Waals surface area (Å²) in [4.78, 5) is 5.18. The summed E-state index contributed by atoms with van der Waals surface area (Å²) in [5.41, 5.74) is 15.2. The molecule has 0 saturated heterocycles. The van der Waals surface area contributed by atoms with Crippen molar-refractivity contribution in [1.82, 2.24) is 5.32 Å². The van der Waals surface area contributed by atoms with Crippen molar-refractivity contribution >= 4 is 28.5 Å². The number of aliphatic imine (C=N–C) groups is 1. The van der Waals surface area contributed by atoms with Gasteiger partial charge in [-0.2, -0.15) is 0 Å². The van der Waals surface area contributed by atoms with E-state index in [9.17, 15) is 0 Å². The number of fused-ring (bicyclic) bond motifs is 5. The number of furan rings is 1. The third kappa shape index (κ3) is 5.41. The molecule has 5 aliphatic rings. The Morgan fingerprint density at radius 1 is 0.654 bits per heavy atom. The summed E-state index contributed by atoms with van der Waals surface area (Å²) in [5.74, 6) is 1.58. The van der Waals surface area contributed by atoms with E-state index in [4.69, 9.17) is 9.41 Å². The van der Waals surface area contributed by atoms with E-state index in [1.165, 1.54) is 38.8 Å². The Balaban J connectivity index is 0.953. The van der Waals surface area contributed by atoms with Gasteiger partial charge < -0.3 is 9.73 Å². The van der Waals surface area contributed by atoms with E-state index in [1.54, 1.807) is 0 Å². The topological polar surface area (TPSA) is 37.5 Å². The van der Waals surface area contributed by atoms with Gasteiger partial charge in [0, 0.05) is 34.0 Å². The summed E-state index contributed by atoms with van der Waals surface area (Å²) in [6, 6.07) is 34.8. The molecule has 0 saturated carbocycles. The van der Waals surface area contributed by atoms with E-state index in [2.05, 4.69) is 175 Å². The summed E-state index contributed by atoms with van der Waals surface area (Å²) in [7, 11) is 0. The van der Waals surface area contributed by atoms with Gasteiger partial charge in [0.05, 0.1) is 5.71 Å². The fraction of sp³-hybridized carbons (Fsp3) is 0.122. The molecule has 0 amide bonds. The Morgan fingerprint density at radius 2 is 1.42 bits per heavy atom. The summed E-state index contributed by atoms with van der Waals surface area (Å²) < 4.78 is 6.83. The smallest absolute Gasteiger partial charge is 0.145 e. The third-order valence-corrected chi connectivity index (χ3v) is 11.0. The normalized spacial score (nSPS) is 21.5. The summed E-state index contributed by atoms with van der Waals surface area (Å²) in [6.07, 6.45) is 30.0. The number of allylic oxidation sites excluding steroid dienone is 12. The number of para-hydroxylation sites is 1. The van der Waals surface area contributed by atoms with Crippen LogP contribution in [0.2, 0.25) is 0 Å². The molecule has 3 atom stereocenters. The van der Waals surface area contributed by atoms with E-state index >= 15 is 0 Å². The van der Waals surface area contributed by atoms with Crippen molar-refractivity contribution < 1.29 is 4.42 Å². The molecule has 3 nitrogen and oxygen atoms in total. The van der Waals surface area contributed by atoms with Gasteiger partial charge in [-0.3, -0.25) is 4.99 Å². The molecule has 250 valence electrons. The highest BCUT2D eigenvalue weighted by atomic mass is 16.3. The Kier molecular flexibility index (Phi) is 7.57. The number of nitrogens with zero attached hydrogens (tertiary/aromatic N) is 1. The van der Waals surface area contributed by atoms with Crippen LogP contribution in [-0.4, -0.2) is 11.9 Å². The summed E-state index contributed by atoms with van der Waals surface area (Å²) in [5, 5.41) is 4.86. The van der Waals surface area contributed by atoms with Crippen LogP contribution in [0.3, 0.4) is 0 Å². The summed E-state index contributed by atoms with van der Waals surface area (Å²) in [6.45, 7) is 0. The van der Waals surface area contributed by atoms with Crippen LogP contribution in [-0.2, 0) is 0 Å². The Morgan fingerprint density at radius 3 is 2.17 bits per heavy atom. The number of hydrogen-bond acceptors (Lipinski definition) is 3. The lowest BCUT2D eigenvalue weighted by Gasteiger charge is -2.30. The zero-order valence-electron chi connectivity index (χ0n) is 28.9. The van der Waals surface area contributed by atoms with Gasteiger partial charge in [-0.05, 0) is 76.0 Å². The lowest BCUT2D eigenvalue weighted by molar-refractivity contribution is 0.485. The number of benzene rings is 4. The average Bonchev–Trinajstić information content (AvgIpc) is 3.90. The molecule has 52 heavy (non-hydrogen) atoms. The van der Waals surface area contributed by atoms with Crippen molar-refractivity contribution in [2.24, 2.45) is 10.9 Å². The maximum atomic E-state index is 6.83. The number of nitrogens with one attached hydrogen (secondary N) is 1. The fourth-order valence-electron chi connectivity index (χ4n) is 8.30. The molecule has 5 aromatic rings. The largest absolute Gasteiger partial charge is 0.459 e. The zero-order chi connectivity index (χ0) is 34.4. The van der Waals surface area contributed by atoms with Crippen LogP contribution < -0.4 is 5.32 Å². The second kappa shape index (κ2) is 12.9. The molecular formula is C49H38N2O. The van der Waals surface area contributed by atoms with Gasteiger partial charge in [-0.25, -0.2) is 0 Å². The van der Waals surface area contributed by atoms with Gasteiger partial charge in [0.2, 0.25) is 0 Å². The van der Waals surface area contributed by atoms with Crippen molar-refractivity contribution in [3.8, 4) is 22.3 Å². The first-order valence-electron chi connectivity index (χ1n) is 18.4. The molecule has 3 unspecified atom stereocenters. The lowest BCUT2D eigenvalue weighted by Crippen LogP contribution is -2.32. The minimum Gasteiger partial charge on any atom is -0.459 e. The van der Waals surface area contributed by atoms with E-state index in [0.717, 1.165) is 64.3 Å². The molecule has 0 spiro atoms. The third-order valence-electron chi connectivity index (χ3n) is 11.0. The van der Waals surface area contributed by atoms with Gasteiger partial charge in [-0.15, -0.1) is 0 Å². The molecule has 0 fully saturated rings. The maximum absolute atomic E-state index is 6.83. The van der Waals surface area contributed by atoms with Crippen molar-refractivity contribution in [3.05, 3.63) is 203 Å². The second-order valence-corrected chi connectivity index (χ2v) is 14.1. The van der Waals surface area contributed by atoms with Crippen LogP contribution in [0.25, 0.3) is 45.0 Å². The van der Waals surface area contributed by atoms with Crippen LogP contribution in [0.1, 0.15) is 47.6 Å². The van der Waals surface area contributed by atoms with Crippen LogP contribution in [0.5, 0.6) is 0 Å². The second-order valence-electron chi connectivity index (χ2n) is 14.1. The predicted octanol–water partition coefficient (Wildman–Crippen LogP) is 11.9. The predicted molar refractivity (Wildman–Crippen MR) is 216 cm³/mol. The molecule has 0 radical (unpaired) electrons. The number of hydrogen-bond donors (Lipinski definition) is 1. The Bertz CT molecular complexity index is 2490. The standard InChI is InChI=1S/C49H38N2O/c1-3-14-36(15-4-1)45-31-46(51-49(50-45)38-16-5-2-6-17-38)37-28-24-33(25-29-37)32-22-26-35(27-23-32)39-20-11-21-42-44-30-43(34-12-7-8-13-34)40-18-9-10-19-41(40)48(44)52-47(39)42/h1,3-5,7-12,14-31,40-41,49-50H,2,6,13H2. The molecule has 1 aliphatic heterocycles. The zero-order valence-corrected chi connectivity index (χ0v) is 28.9. The maximum Gasteiger partial charge on any atom is 0.145 e. The van der Waals surface area contributed by atoms with Crippen LogP contribution in [0.15, 0.2) is 190 Å². The quantitative estimate of drug-likeness (QED) is 0.195. The Hall–Kier alpha value is -6.19. The molecule has 4 aliphatic carbocycles. The molecule has 1 aromatic heterocycles. The van der Waals surface area contributed by atoms with Crippen molar-refractivity contribution in [2.45, 2.75) is 31.3 Å². The van der Waals surface area contributed by atoms with Crippen LogP contribution in [0, 0.1) is 5.92 Å². The SMILES string of the molecule is C1=CCC(C2=Cc3c(oc4c(-c5ccc(-c6ccc(C7=NC(C8=CCCC=C8)NC(c8ccccc8)=C7)cc6)cc5)cccc34)C3C=CC=CC23)=C1. The first-order chi connectivity index (χ1) is 25.8. The van der Waals surface area contributed by atoms with E-state index < -0.39 is 0 Å². The molecule has 3 heteroatoms. The van der Waals surface area contributed by atoms with Gasteiger partial charge in [0.1, 0.15) is 17.5 Å². The lowest BCUT2D eigenvalue weighted by atomic mass is 9.73. The van der Waals surface area contributed by atoms with Crippen molar-refractivity contribution in [3.63, 3.8) is 0 Å². The van der Waals surface area contributed by atoms with E-state index in [-0.39, 0.29) is 12.1 Å².